The number of hydrogen-bond acceptors (Lipinski definition) is 3. The fraction of sp³-hybridized carbons (Fsp3) is 0.684. The van der Waals surface area contributed by atoms with E-state index in [4.69, 9.17) is 4.74 Å². The monoisotopic (exact) mass is 304 g/mol. The van der Waals surface area contributed by atoms with Crippen molar-refractivity contribution in [2.45, 2.75) is 52.7 Å². The van der Waals surface area contributed by atoms with E-state index in [0.29, 0.717) is 6.04 Å². The summed E-state index contributed by atoms with van der Waals surface area (Å²) in [5.41, 5.74) is 1.43. The van der Waals surface area contributed by atoms with Crippen LogP contribution < -0.4 is 10.1 Å². The van der Waals surface area contributed by atoms with Crippen LogP contribution in [0.2, 0.25) is 0 Å². The Morgan fingerprint density at radius 1 is 1.00 bits per heavy atom. The van der Waals surface area contributed by atoms with Crippen molar-refractivity contribution in [2.24, 2.45) is 5.92 Å². The van der Waals surface area contributed by atoms with Crippen LogP contribution in [-0.2, 0) is 0 Å². The Balaban J connectivity index is 2.08. The Morgan fingerprint density at radius 3 is 2.18 bits per heavy atom. The molecule has 0 amide bonds. The molecule has 3 heteroatoms. The molecule has 1 aliphatic heterocycles. The minimum Gasteiger partial charge on any atom is -0.491 e. The fourth-order valence-electron chi connectivity index (χ4n) is 3.09. The van der Waals surface area contributed by atoms with Gasteiger partial charge in [0.2, 0.25) is 0 Å². The first kappa shape index (κ1) is 17.3. The molecule has 0 aliphatic carbocycles. The maximum atomic E-state index is 5.77. The third-order valence-electron chi connectivity index (χ3n) is 4.25. The van der Waals surface area contributed by atoms with Crippen LogP contribution in [0.5, 0.6) is 5.75 Å². The Kier molecular flexibility index (Phi) is 6.71. The van der Waals surface area contributed by atoms with Gasteiger partial charge in [-0.1, -0.05) is 26.0 Å². The molecule has 0 unspecified atom stereocenters. The van der Waals surface area contributed by atoms with Gasteiger partial charge < -0.3 is 10.1 Å². The highest BCUT2D eigenvalue weighted by Gasteiger charge is 2.22. The van der Waals surface area contributed by atoms with Crippen molar-refractivity contribution in [1.29, 1.82) is 0 Å². The highest BCUT2D eigenvalue weighted by molar-refractivity contribution is 5.29. The van der Waals surface area contributed by atoms with E-state index in [2.05, 4.69) is 62.2 Å². The quantitative estimate of drug-likeness (QED) is 0.828. The normalized spacial score (nSPS) is 17.9. The Hall–Kier alpha value is -1.06. The van der Waals surface area contributed by atoms with Crippen LogP contribution in [0.3, 0.4) is 0 Å². The van der Waals surface area contributed by atoms with E-state index >= 15 is 0 Å². The van der Waals surface area contributed by atoms with Gasteiger partial charge in [0.1, 0.15) is 5.75 Å². The maximum Gasteiger partial charge on any atom is 0.119 e. The lowest BCUT2D eigenvalue weighted by molar-refractivity contribution is 0.159. The molecule has 2 rings (SSSR count). The maximum absolute atomic E-state index is 5.77. The largest absolute Gasteiger partial charge is 0.491 e. The van der Waals surface area contributed by atoms with Crippen LogP contribution in [-0.4, -0.2) is 37.2 Å². The summed E-state index contributed by atoms with van der Waals surface area (Å²) in [7, 11) is 0. The van der Waals surface area contributed by atoms with E-state index < -0.39 is 0 Å². The first-order valence-electron chi connectivity index (χ1n) is 8.77. The van der Waals surface area contributed by atoms with Gasteiger partial charge in [-0.05, 0) is 50.3 Å². The molecule has 1 aromatic carbocycles. The highest BCUT2D eigenvalue weighted by Crippen LogP contribution is 2.29. The second-order valence-electron chi connectivity index (χ2n) is 7.01. The molecule has 1 N–H and O–H groups in total. The topological polar surface area (TPSA) is 24.5 Å². The second kappa shape index (κ2) is 8.54. The van der Waals surface area contributed by atoms with Crippen LogP contribution in [0.15, 0.2) is 24.3 Å². The van der Waals surface area contributed by atoms with E-state index in [9.17, 15) is 0 Å². The summed E-state index contributed by atoms with van der Waals surface area (Å²) in [5.74, 6) is 1.73. The van der Waals surface area contributed by atoms with Gasteiger partial charge in [-0.2, -0.15) is 0 Å². The summed E-state index contributed by atoms with van der Waals surface area (Å²) < 4.78 is 5.77. The number of rotatable bonds is 7. The first-order chi connectivity index (χ1) is 10.6. The molecule has 0 bridgehead atoms. The van der Waals surface area contributed by atoms with Gasteiger partial charge in [-0.15, -0.1) is 0 Å². The van der Waals surface area contributed by atoms with Crippen LogP contribution in [0.4, 0.5) is 0 Å². The molecule has 22 heavy (non-hydrogen) atoms. The molecule has 1 atom stereocenters. The smallest absolute Gasteiger partial charge is 0.119 e. The second-order valence-corrected chi connectivity index (χ2v) is 7.01. The molecule has 0 saturated carbocycles. The molecule has 0 spiro atoms. The number of ether oxygens (including phenoxy) is 1. The van der Waals surface area contributed by atoms with Crippen molar-refractivity contribution in [3.63, 3.8) is 0 Å². The lowest BCUT2D eigenvalue weighted by Crippen LogP contribution is -2.45. The van der Waals surface area contributed by atoms with Crippen molar-refractivity contribution in [3.8, 4) is 5.75 Å². The van der Waals surface area contributed by atoms with Gasteiger partial charge in [-0.3, -0.25) is 4.90 Å². The number of piperazine rings is 1. The molecule has 1 heterocycles. The van der Waals surface area contributed by atoms with E-state index in [1.165, 1.54) is 18.4 Å². The summed E-state index contributed by atoms with van der Waals surface area (Å²) in [6, 6.07) is 9.30. The lowest BCUT2D eigenvalue weighted by Gasteiger charge is -2.35. The van der Waals surface area contributed by atoms with Crippen molar-refractivity contribution in [3.05, 3.63) is 29.8 Å². The van der Waals surface area contributed by atoms with E-state index in [1.807, 2.05) is 0 Å². The van der Waals surface area contributed by atoms with Crippen molar-refractivity contribution >= 4 is 0 Å². The molecule has 1 aliphatic rings. The van der Waals surface area contributed by atoms with Gasteiger partial charge in [-0.25, -0.2) is 0 Å². The molecular formula is C19H32N2O. The Labute approximate surface area is 136 Å². The zero-order valence-corrected chi connectivity index (χ0v) is 14.6. The number of hydrogen-bond donors (Lipinski definition) is 1. The fourth-order valence-corrected chi connectivity index (χ4v) is 3.09. The van der Waals surface area contributed by atoms with E-state index in [0.717, 1.165) is 37.8 Å². The average Bonchev–Trinajstić information content (AvgIpc) is 2.49. The summed E-state index contributed by atoms with van der Waals surface area (Å²) in [6.45, 7) is 13.3. The lowest BCUT2D eigenvalue weighted by atomic mass is 9.95. The minimum absolute atomic E-state index is 0.232. The molecule has 1 aromatic rings. The summed E-state index contributed by atoms with van der Waals surface area (Å²) in [4.78, 5) is 2.64. The third kappa shape index (κ3) is 5.29. The molecule has 124 valence electrons. The molecule has 0 aromatic heterocycles. The minimum atomic E-state index is 0.232. The predicted octanol–water partition coefficient (Wildman–Crippen LogP) is 3.86. The number of nitrogens with one attached hydrogen (secondary N) is 1. The molecule has 0 radical (unpaired) electrons. The number of nitrogens with zero attached hydrogens (tertiary/aromatic N) is 1. The molecule has 1 fully saturated rings. The van der Waals surface area contributed by atoms with Gasteiger partial charge >= 0.3 is 0 Å². The summed E-state index contributed by atoms with van der Waals surface area (Å²) in [6.07, 6.45) is 2.75. The first-order valence-corrected chi connectivity index (χ1v) is 8.77. The van der Waals surface area contributed by atoms with Gasteiger partial charge in [0.05, 0.1) is 6.10 Å². The van der Waals surface area contributed by atoms with Crippen molar-refractivity contribution < 1.29 is 4.74 Å². The van der Waals surface area contributed by atoms with Gasteiger partial charge in [0, 0.05) is 32.2 Å². The molecule has 3 nitrogen and oxygen atoms in total. The summed E-state index contributed by atoms with van der Waals surface area (Å²) in [5, 5.41) is 3.45. The number of benzene rings is 1. The Morgan fingerprint density at radius 2 is 1.64 bits per heavy atom. The van der Waals surface area contributed by atoms with Crippen LogP contribution in [0.25, 0.3) is 0 Å². The summed E-state index contributed by atoms with van der Waals surface area (Å²) >= 11 is 0. The predicted molar refractivity (Wildman–Crippen MR) is 93.5 cm³/mol. The third-order valence-corrected chi connectivity index (χ3v) is 4.25. The van der Waals surface area contributed by atoms with Gasteiger partial charge in [0.25, 0.3) is 0 Å². The van der Waals surface area contributed by atoms with Crippen molar-refractivity contribution in [1.82, 2.24) is 10.2 Å². The van der Waals surface area contributed by atoms with E-state index in [1.54, 1.807) is 0 Å². The molecular weight excluding hydrogens is 272 g/mol. The van der Waals surface area contributed by atoms with Crippen molar-refractivity contribution in [2.75, 3.05) is 26.2 Å². The standard InChI is InChI=1S/C19H32N2O/c1-15(2)5-10-19(21-13-11-20-12-14-21)17-6-8-18(9-7-17)22-16(3)4/h6-9,15-16,19-20H,5,10-14H2,1-4H3/t19-/m1/s1. The van der Waals surface area contributed by atoms with E-state index in [-0.39, 0.29) is 6.10 Å². The highest BCUT2D eigenvalue weighted by atomic mass is 16.5. The zero-order valence-electron chi connectivity index (χ0n) is 14.6. The average molecular weight is 304 g/mol. The SMILES string of the molecule is CC(C)CC[C@H](c1ccc(OC(C)C)cc1)N1CCNCC1. The van der Waals surface area contributed by atoms with Crippen LogP contribution in [0, 0.1) is 5.92 Å². The van der Waals surface area contributed by atoms with Crippen LogP contribution in [0.1, 0.15) is 52.1 Å². The Bertz CT molecular complexity index is 422. The molecule has 1 saturated heterocycles. The van der Waals surface area contributed by atoms with Crippen LogP contribution >= 0.6 is 0 Å². The zero-order chi connectivity index (χ0) is 15.9. The van der Waals surface area contributed by atoms with Gasteiger partial charge in [0.15, 0.2) is 0 Å².